The molecule has 5 heteroatoms. The van der Waals surface area contributed by atoms with Gasteiger partial charge in [0.2, 0.25) is 0 Å². The first-order valence-corrected chi connectivity index (χ1v) is 7.13. The number of para-hydroxylation sites is 1. The second kappa shape index (κ2) is 6.34. The van der Waals surface area contributed by atoms with Gasteiger partial charge >= 0.3 is 11.6 Å². The molecule has 1 heterocycles. The van der Waals surface area contributed by atoms with E-state index >= 15 is 0 Å². The molecule has 0 amide bonds. The first kappa shape index (κ1) is 15.4. The Kier molecular flexibility index (Phi) is 4.07. The number of carboxylic acid groups (broad SMARTS) is 1. The van der Waals surface area contributed by atoms with Gasteiger partial charge in [-0.05, 0) is 35.9 Å². The maximum atomic E-state index is 12.2. The van der Waals surface area contributed by atoms with E-state index in [2.05, 4.69) is 0 Å². The van der Waals surface area contributed by atoms with Gasteiger partial charge in [0, 0.05) is 5.39 Å². The number of fused-ring (bicyclic) bond motifs is 1. The van der Waals surface area contributed by atoms with Crippen molar-refractivity contribution in [1.82, 2.24) is 0 Å². The number of benzene rings is 2. The lowest BCUT2D eigenvalue weighted by Crippen LogP contribution is -2.11. The van der Waals surface area contributed by atoms with E-state index in [0.717, 1.165) is 0 Å². The van der Waals surface area contributed by atoms with Gasteiger partial charge in [0.15, 0.2) is 5.78 Å². The lowest BCUT2D eigenvalue weighted by Gasteiger charge is -1.99. The lowest BCUT2D eigenvalue weighted by molar-refractivity contribution is 0.0696. The fraction of sp³-hybridized carbons (Fsp3) is 0. The molecule has 0 spiro atoms. The van der Waals surface area contributed by atoms with Gasteiger partial charge < -0.3 is 9.52 Å². The summed E-state index contributed by atoms with van der Waals surface area (Å²) in [7, 11) is 0. The smallest absolute Gasteiger partial charge is 0.347 e. The Morgan fingerprint density at radius 3 is 2.42 bits per heavy atom. The van der Waals surface area contributed by atoms with Gasteiger partial charge in [-0.1, -0.05) is 36.4 Å². The summed E-state index contributed by atoms with van der Waals surface area (Å²) in [5.41, 5.74) is 0.496. The number of allylic oxidation sites excluding steroid dienone is 1. The number of hydrogen-bond donors (Lipinski definition) is 1. The Hall–Kier alpha value is -3.47. The van der Waals surface area contributed by atoms with Crippen molar-refractivity contribution in [2.45, 2.75) is 0 Å². The lowest BCUT2D eigenvalue weighted by atomic mass is 10.1. The van der Waals surface area contributed by atoms with Crippen LogP contribution in [0, 0.1) is 0 Å². The Labute approximate surface area is 136 Å². The minimum absolute atomic E-state index is 0.0490. The predicted octanol–water partition coefficient (Wildman–Crippen LogP) is 3.39. The van der Waals surface area contributed by atoms with Gasteiger partial charge in [-0.15, -0.1) is 0 Å². The summed E-state index contributed by atoms with van der Waals surface area (Å²) < 4.78 is 5.13. The SMILES string of the molecule is O=C(O)c1ccc(/C=C/C(=O)c2cc3ccccc3oc2=O)cc1. The molecule has 0 saturated heterocycles. The number of rotatable bonds is 4. The molecule has 3 rings (SSSR count). The molecule has 0 aliphatic carbocycles. The van der Waals surface area contributed by atoms with Gasteiger partial charge in [0.25, 0.3) is 0 Å². The molecule has 0 radical (unpaired) electrons. The van der Waals surface area contributed by atoms with E-state index < -0.39 is 17.4 Å². The second-order valence-electron chi connectivity index (χ2n) is 5.11. The van der Waals surface area contributed by atoms with Crippen LogP contribution in [0.3, 0.4) is 0 Å². The third-order valence-corrected chi connectivity index (χ3v) is 3.49. The van der Waals surface area contributed by atoms with Crippen LogP contribution < -0.4 is 5.63 Å². The summed E-state index contributed by atoms with van der Waals surface area (Å²) >= 11 is 0. The number of carbonyl (C=O) groups is 2. The van der Waals surface area contributed by atoms with Crippen molar-refractivity contribution in [2.24, 2.45) is 0 Å². The average molecular weight is 320 g/mol. The van der Waals surface area contributed by atoms with Crippen molar-refractivity contribution in [2.75, 3.05) is 0 Å². The number of carboxylic acids is 1. The third-order valence-electron chi connectivity index (χ3n) is 3.49. The molecule has 0 saturated carbocycles. The second-order valence-corrected chi connectivity index (χ2v) is 5.11. The van der Waals surface area contributed by atoms with E-state index in [-0.39, 0.29) is 11.1 Å². The first-order chi connectivity index (χ1) is 11.5. The molecule has 0 unspecified atom stereocenters. The zero-order chi connectivity index (χ0) is 17.1. The standard InChI is InChI=1S/C19H12O5/c20-16(10-7-12-5-8-13(9-6-12)18(21)22)15-11-14-3-1-2-4-17(14)24-19(15)23/h1-11H,(H,21,22)/b10-7+. The highest BCUT2D eigenvalue weighted by Gasteiger charge is 2.11. The summed E-state index contributed by atoms with van der Waals surface area (Å²) in [6.07, 6.45) is 2.78. The van der Waals surface area contributed by atoms with Gasteiger partial charge in [0.1, 0.15) is 11.1 Å². The van der Waals surface area contributed by atoms with Crippen LogP contribution in [-0.4, -0.2) is 16.9 Å². The summed E-state index contributed by atoms with van der Waals surface area (Å²) in [6, 6.07) is 14.5. The molecule has 0 fully saturated rings. The van der Waals surface area contributed by atoms with Crippen LogP contribution in [0.4, 0.5) is 0 Å². The van der Waals surface area contributed by atoms with Crippen LogP contribution >= 0.6 is 0 Å². The minimum atomic E-state index is -1.02. The van der Waals surface area contributed by atoms with Gasteiger partial charge in [-0.2, -0.15) is 0 Å². The summed E-state index contributed by atoms with van der Waals surface area (Å²) in [5, 5.41) is 9.51. The number of ketones is 1. The van der Waals surface area contributed by atoms with E-state index in [1.807, 2.05) is 0 Å². The molecule has 1 N–H and O–H groups in total. The first-order valence-electron chi connectivity index (χ1n) is 7.13. The fourth-order valence-corrected chi connectivity index (χ4v) is 2.23. The van der Waals surface area contributed by atoms with E-state index in [9.17, 15) is 14.4 Å². The van der Waals surface area contributed by atoms with Crippen molar-refractivity contribution >= 4 is 28.8 Å². The normalized spacial score (nSPS) is 11.0. The maximum absolute atomic E-state index is 12.2. The Morgan fingerprint density at radius 2 is 1.71 bits per heavy atom. The van der Waals surface area contributed by atoms with E-state index in [4.69, 9.17) is 9.52 Å². The zero-order valence-electron chi connectivity index (χ0n) is 12.4. The molecule has 0 aliphatic rings. The number of hydrogen-bond acceptors (Lipinski definition) is 4. The molecule has 24 heavy (non-hydrogen) atoms. The Morgan fingerprint density at radius 1 is 1.00 bits per heavy atom. The van der Waals surface area contributed by atoms with Crippen LogP contribution in [0.5, 0.6) is 0 Å². The summed E-state index contributed by atoms with van der Waals surface area (Å²) in [6.45, 7) is 0. The van der Waals surface area contributed by atoms with E-state index in [1.54, 1.807) is 36.4 Å². The molecular weight excluding hydrogens is 308 g/mol. The molecule has 1 aromatic heterocycles. The van der Waals surface area contributed by atoms with Crippen molar-refractivity contribution in [3.63, 3.8) is 0 Å². The van der Waals surface area contributed by atoms with Crippen LogP contribution in [0.2, 0.25) is 0 Å². The van der Waals surface area contributed by atoms with Gasteiger partial charge in [-0.3, -0.25) is 4.79 Å². The average Bonchev–Trinajstić information content (AvgIpc) is 2.59. The highest BCUT2D eigenvalue weighted by molar-refractivity contribution is 6.07. The number of aromatic carboxylic acids is 1. The largest absolute Gasteiger partial charge is 0.478 e. The molecule has 0 bridgehead atoms. The molecule has 2 aromatic carbocycles. The number of carbonyl (C=O) groups excluding carboxylic acids is 1. The molecule has 5 nitrogen and oxygen atoms in total. The van der Waals surface area contributed by atoms with Gasteiger partial charge in [-0.25, -0.2) is 9.59 Å². The molecule has 118 valence electrons. The van der Waals surface area contributed by atoms with Gasteiger partial charge in [0.05, 0.1) is 5.56 Å². The van der Waals surface area contributed by atoms with Crippen molar-refractivity contribution in [1.29, 1.82) is 0 Å². The topological polar surface area (TPSA) is 84.6 Å². The van der Waals surface area contributed by atoms with Crippen molar-refractivity contribution in [3.05, 3.63) is 87.8 Å². The van der Waals surface area contributed by atoms with Crippen LogP contribution in [0.1, 0.15) is 26.3 Å². The molecule has 3 aromatic rings. The molecule has 0 atom stereocenters. The third kappa shape index (κ3) is 3.15. The Balaban J connectivity index is 1.88. The maximum Gasteiger partial charge on any atom is 0.347 e. The fourth-order valence-electron chi connectivity index (χ4n) is 2.23. The zero-order valence-corrected chi connectivity index (χ0v) is 12.4. The molecular formula is C19H12O5. The highest BCUT2D eigenvalue weighted by atomic mass is 16.4. The van der Waals surface area contributed by atoms with Crippen molar-refractivity contribution in [3.8, 4) is 0 Å². The van der Waals surface area contributed by atoms with Crippen LogP contribution in [0.25, 0.3) is 17.0 Å². The van der Waals surface area contributed by atoms with Crippen molar-refractivity contribution < 1.29 is 19.1 Å². The monoisotopic (exact) mass is 320 g/mol. The highest BCUT2D eigenvalue weighted by Crippen LogP contribution is 2.13. The quantitative estimate of drug-likeness (QED) is 0.452. The summed E-state index contributed by atoms with van der Waals surface area (Å²) in [4.78, 5) is 34.9. The summed E-state index contributed by atoms with van der Waals surface area (Å²) in [5.74, 6) is -1.49. The van der Waals surface area contributed by atoms with E-state index in [0.29, 0.717) is 16.5 Å². The van der Waals surface area contributed by atoms with E-state index in [1.165, 1.54) is 30.4 Å². The predicted molar refractivity (Wildman–Crippen MR) is 89.2 cm³/mol. The Bertz CT molecular complexity index is 1010. The van der Waals surface area contributed by atoms with Crippen LogP contribution in [0.15, 0.2) is 69.9 Å². The minimum Gasteiger partial charge on any atom is -0.478 e. The molecule has 0 aliphatic heterocycles. The van der Waals surface area contributed by atoms with Crippen LogP contribution in [-0.2, 0) is 0 Å².